The van der Waals surface area contributed by atoms with E-state index in [0.29, 0.717) is 23.7 Å². The summed E-state index contributed by atoms with van der Waals surface area (Å²) in [7, 11) is 0. The Morgan fingerprint density at radius 2 is 2.30 bits per heavy atom. The molecule has 3 heterocycles. The van der Waals surface area contributed by atoms with Gasteiger partial charge in [-0.25, -0.2) is 4.98 Å². The Balaban J connectivity index is 1.64. The summed E-state index contributed by atoms with van der Waals surface area (Å²) in [6.45, 7) is 3.42. The highest BCUT2D eigenvalue weighted by Crippen LogP contribution is 2.29. The van der Waals surface area contributed by atoms with Gasteiger partial charge in [-0.05, 0) is 17.9 Å². The van der Waals surface area contributed by atoms with E-state index >= 15 is 0 Å². The van der Waals surface area contributed by atoms with Gasteiger partial charge in [0, 0.05) is 29.6 Å². The number of nitrogens with zero attached hydrogens (tertiary/aromatic N) is 2. The van der Waals surface area contributed by atoms with Crippen LogP contribution in [0.2, 0.25) is 0 Å². The van der Waals surface area contributed by atoms with Crippen LogP contribution in [0.1, 0.15) is 47.1 Å². The summed E-state index contributed by atoms with van der Waals surface area (Å²) in [6, 6.07) is 1.79. The van der Waals surface area contributed by atoms with Gasteiger partial charge in [-0.3, -0.25) is 14.9 Å². The Hall–Kier alpha value is -1.73. The van der Waals surface area contributed by atoms with Gasteiger partial charge in [-0.1, -0.05) is 24.7 Å². The topological polar surface area (TPSA) is 62.3 Å². The first-order valence-corrected chi connectivity index (χ1v) is 9.53. The number of anilines is 1. The molecule has 0 fully saturated rings. The summed E-state index contributed by atoms with van der Waals surface area (Å²) in [5.74, 6) is 0.0861. The molecule has 5 nitrogen and oxygen atoms in total. The minimum atomic E-state index is -0.131. The van der Waals surface area contributed by atoms with Crippen molar-refractivity contribution in [3.63, 3.8) is 0 Å². The molecule has 0 radical (unpaired) electrons. The third-order valence-electron chi connectivity index (χ3n) is 3.83. The van der Waals surface area contributed by atoms with E-state index in [0.717, 1.165) is 36.4 Å². The van der Waals surface area contributed by atoms with E-state index in [-0.39, 0.29) is 11.8 Å². The largest absolute Gasteiger partial charge is 0.337 e. The molecule has 7 heteroatoms. The van der Waals surface area contributed by atoms with Gasteiger partial charge in [-0.2, -0.15) is 11.3 Å². The lowest BCUT2D eigenvalue weighted by Crippen LogP contribution is -2.35. The number of fused-ring (bicyclic) bond motifs is 1. The minimum absolute atomic E-state index is 0.131. The van der Waals surface area contributed by atoms with Crippen LogP contribution in [0.5, 0.6) is 0 Å². The average Bonchev–Trinajstić information content (AvgIpc) is 3.20. The van der Waals surface area contributed by atoms with Crippen LogP contribution in [-0.2, 0) is 17.8 Å². The first-order valence-electron chi connectivity index (χ1n) is 7.77. The van der Waals surface area contributed by atoms with Gasteiger partial charge in [0.05, 0.1) is 17.8 Å². The van der Waals surface area contributed by atoms with Crippen LogP contribution in [0.3, 0.4) is 0 Å². The van der Waals surface area contributed by atoms with Crippen molar-refractivity contribution in [2.45, 2.75) is 39.2 Å². The van der Waals surface area contributed by atoms with E-state index in [2.05, 4.69) is 17.2 Å². The number of hydrogen-bond donors (Lipinski definition) is 1. The minimum Gasteiger partial charge on any atom is -0.337 e. The monoisotopic (exact) mass is 349 g/mol. The van der Waals surface area contributed by atoms with Gasteiger partial charge in [0.2, 0.25) is 5.91 Å². The zero-order valence-electron chi connectivity index (χ0n) is 13.0. The Kier molecular flexibility index (Phi) is 5.07. The molecular weight excluding hydrogens is 330 g/mol. The van der Waals surface area contributed by atoms with Crippen LogP contribution in [0.15, 0.2) is 16.8 Å². The number of hydrogen-bond acceptors (Lipinski definition) is 5. The number of carbonyl (C=O) groups excluding carboxylic acids is 2. The zero-order chi connectivity index (χ0) is 16.2. The van der Waals surface area contributed by atoms with Gasteiger partial charge >= 0.3 is 0 Å². The van der Waals surface area contributed by atoms with Crippen LogP contribution < -0.4 is 5.32 Å². The second-order valence-corrected chi connectivity index (χ2v) is 7.39. The number of aromatic nitrogens is 1. The van der Waals surface area contributed by atoms with Crippen molar-refractivity contribution in [3.8, 4) is 0 Å². The maximum atomic E-state index is 12.1. The summed E-state index contributed by atoms with van der Waals surface area (Å²) in [5, 5.41) is 7.16. The molecule has 0 bridgehead atoms. The second-order valence-electron chi connectivity index (χ2n) is 5.52. The van der Waals surface area contributed by atoms with Crippen LogP contribution in [0.25, 0.3) is 0 Å². The van der Waals surface area contributed by atoms with Gasteiger partial charge < -0.3 is 4.90 Å². The molecule has 0 atom stereocenters. The zero-order valence-corrected chi connectivity index (χ0v) is 14.6. The highest BCUT2D eigenvalue weighted by atomic mass is 32.1. The molecule has 0 unspecified atom stereocenters. The van der Waals surface area contributed by atoms with E-state index in [1.165, 1.54) is 22.7 Å². The molecule has 0 aliphatic carbocycles. The molecule has 0 aromatic carbocycles. The fourth-order valence-electron chi connectivity index (χ4n) is 2.51. The third kappa shape index (κ3) is 3.79. The van der Waals surface area contributed by atoms with Crippen LogP contribution in [0.4, 0.5) is 5.13 Å². The predicted molar refractivity (Wildman–Crippen MR) is 93.0 cm³/mol. The summed E-state index contributed by atoms with van der Waals surface area (Å²) in [4.78, 5) is 31.7. The quantitative estimate of drug-likeness (QED) is 0.898. The molecule has 2 amide bonds. The Morgan fingerprint density at radius 3 is 3.04 bits per heavy atom. The van der Waals surface area contributed by atoms with Crippen molar-refractivity contribution in [2.24, 2.45) is 0 Å². The Labute approximate surface area is 143 Å². The molecule has 3 rings (SSSR count). The fourth-order valence-corrected chi connectivity index (χ4v) is 4.17. The van der Waals surface area contributed by atoms with Crippen molar-refractivity contribution in [1.29, 1.82) is 0 Å². The van der Waals surface area contributed by atoms with E-state index in [1.54, 1.807) is 6.07 Å². The van der Waals surface area contributed by atoms with Crippen molar-refractivity contribution in [3.05, 3.63) is 33.0 Å². The molecule has 1 aliphatic heterocycles. The highest BCUT2D eigenvalue weighted by Gasteiger charge is 2.24. The summed E-state index contributed by atoms with van der Waals surface area (Å²) in [5.41, 5.74) is 1.66. The molecule has 0 spiro atoms. The van der Waals surface area contributed by atoms with E-state index in [1.807, 2.05) is 15.7 Å². The molecule has 2 aromatic rings. The first-order chi connectivity index (χ1) is 11.2. The molecule has 0 saturated heterocycles. The number of amides is 2. The lowest BCUT2D eigenvalue weighted by molar-refractivity contribution is -0.132. The molecular formula is C16H19N3O2S2. The molecule has 23 heavy (non-hydrogen) atoms. The number of carbonyl (C=O) groups is 2. The molecule has 0 saturated carbocycles. The van der Waals surface area contributed by atoms with Crippen molar-refractivity contribution in [1.82, 2.24) is 9.88 Å². The SMILES string of the molecule is CCCCC(=O)N1CCc2nc(NC(=O)c3ccsc3)sc2C1. The third-order valence-corrected chi connectivity index (χ3v) is 5.51. The number of nitrogens with one attached hydrogen (secondary N) is 1. The smallest absolute Gasteiger partial charge is 0.258 e. The number of thiazole rings is 1. The maximum Gasteiger partial charge on any atom is 0.258 e. The first kappa shape index (κ1) is 16.1. The van der Waals surface area contributed by atoms with E-state index < -0.39 is 0 Å². The maximum absolute atomic E-state index is 12.1. The van der Waals surface area contributed by atoms with E-state index in [4.69, 9.17) is 0 Å². The number of unbranched alkanes of at least 4 members (excludes halogenated alkanes) is 1. The van der Waals surface area contributed by atoms with E-state index in [9.17, 15) is 9.59 Å². The fraction of sp³-hybridized carbons (Fsp3) is 0.438. The molecule has 2 aromatic heterocycles. The lowest BCUT2D eigenvalue weighted by Gasteiger charge is -2.26. The predicted octanol–water partition coefficient (Wildman–Crippen LogP) is 3.53. The average molecular weight is 349 g/mol. The molecule has 1 aliphatic rings. The normalized spacial score (nSPS) is 13.7. The summed E-state index contributed by atoms with van der Waals surface area (Å²) in [6.07, 6.45) is 3.35. The Bertz CT molecular complexity index is 694. The number of thiophene rings is 1. The molecule has 122 valence electrons. The van der Waals surface area contributed by atoms with Gasteiger partial charge in [0.25, 0.3) is 5.91 Å². The van der Waals surface area contributed by atoms with Gasteiger partial charge in [0.15, 0.2) is 5.13 Å². The summed E-state index contributed by atoms with van der Waals surface area (Å²) < 4.78 is 0. The second kappa shape index (κ2) is 7.23. The standard InChI is InChI=1S/C16H19N3O2S2/c1-2-3-4-14(20)19-7-5-12-13(9-19)23-16(17-12)18-15(21)11-6-8-22-10-11/h6,8,10H,2-5,7,9H2,1H3,(H,17,18,21). The van der Waals surface area contributed by atoms with Gasteiger partial charge in [-0.15, -0.1) is 0 Å². The van der Waals surface area contributed by atoms with Crippen molar-refractivity contribution >= 4 is 39.6 Å². The van der Waals surface area contributed by atoms with Crippen molar-refractivity contribution < 1.29 is 9.59 Å². The van der Waals surface area contributed by atoms with Crippen molar-refractivity contribution in [2.75, 3.05) is 11.9 Å². The lowest BCUT2D eigenvalue weighted by atomic mass is 10.1. The summed E-state index contributed by atoms with van der Waals surface area (Å²) >= 11 is 2.97. The Morgan fingerprint density at radius 1 is 1.43 bits per heavy atom. The van der Waals surface area contributed by atoms with Gasteiger partial charge in [0.1, 0.15) is 0 Å². The van der Waals surface area contributed by atoms with Crippen LogP contribution >= 0.6 is 22.7 Å². The highest BCUT2D eigenvalue weighted by molar-refractivity contribution is 7.16. The number of rotatable bonds is 5. The molecule has 1 N–H and O–H groups in total. The van der Waals surface area contributed by atoms with Crippen LogP contribution in [0, 0.1) is 0 Å². The van der Waals surface area contributed by atoms with Crippen LogP contribution in [-0.4, -0.2) is 28.2 Å².